The Hall–Kier alpha value is -1.88. The van der Waals surface area contributed by atoms with Crippen molar-refractivity contribution in [3.63, 3.8) is 0 Å². The Kier molecular flexibility index (Phi) is 5.66. The van der Waals surface area contributed by atoms with E-state index in [0.717, 1.165) is 37.4 Å². The van der Waals surface area contributed by atoms with Crippen LogP contribution in [0.1, 0.15) is 43.1 Å². The first-order chi connectivity index (χ1) is 12.3. The third-order valence-corrected chi connectivity index (χ3v) is 5.83. The molecule has 1 aromatic carbocycles. The molecular formula is C21H31N3O2. The Bertz CT molecular complexity index is 674. The van der Waals surface area contributed by atoms with E-state index >= 15 is 0 Å². The smallest absolute Gasteiger partial charge is 0.253 e. The van der Waals surface area contributed by atoms with E-state index in [2.05, 4.69) is 24.5 Å². The molecule has 3 unspecified atom stereocenters. The van der Waals surface area contributed by atoms with Crippen molar-refractivity contribution in [2.75, 3.05) is 31.5 Å². The summed E-state index contributed by atoms with van der Waals surface area (Å²) in [5.74, 6) is 1.53. The Balaban J connectivity index is 1.72. The third kappa shape index (κ3) is 4.09. The van der Waals surface area contributed by atoms with Gasteiger partial charge in [0.25, 0.3) is 5.91 Å². The minimum absolute atomic E-state index is 0.0289. The molecule has 3 rings (SSSR count). The van der Waals surface area contributed by atoms with Gasteiger partial charge in [0.15, 0.2) is 0 Å². The molecule has 0 bridgehead atoms. The van der Waals surface area contributed by atoms with E-state index in [1.54, 1.807) is 0 Å². The van der Waals surface area contributed by atoms with Crippen molar-refractivity contribution >= 4 is 17.5 Å². The number of hydrogen-bond acceptors (Lipinski definition) is 3. The fourth-order valence-corrected chi connectivity index (χ4v) is 4.03. The number of nitrogens with one attached hydrogen (secondary N) is 2. The summed E-state index contributed by atoms with van der Waals surface area (Å²) in [5.41, 5.74) is 2.39. The molecule has 26 heavy (non-hydrogen) atoms. The van der Waals surface area contributed by atoms with Gasteiger partial charge >= 0.3 is 0 Å². The molecule has 5 heteroatoms. The number of aryl methyl sites for hydroxylation is 1. The SMILES string of the molecule is Cc1ccc(C(=O)N2CC(C)CC(C)C2)cc1NC(=O)C(C)C1CNC1. The molecule has 0 saturated carbocycles. The van der Waals surface area contributed by atoms with Gasteiger partial charge in [0.05, 0.1) is 0 Å². The number of carbonyl (C=O) groups is 2. The summed E-state index contributed by atoms with van der Waals surface area (Å²) in [6.07, 6.45) is 1.17. The molecule has 1 aromatic rings. The van der Waals surface area contributed by atoms with E-state index in [-0.39, 0.29) is 17.7 Å². The van der Waals surface area contributed by atoms with Crippen molar-refractivity contribution < 1.29 is 9.59 Å². The van der Waals surface area contributed by atoms with Crippen LogP contribution in [0.2, 0.25) is 0 Å². The van der Waals surface area contributed by atoms with E-state index in [1.165, 1.54) is 6.42 Å². The normalized spacial score (nSPS) is 24.7. The maximum atomic E-state index is 12.9. The van der Waals surface area contributed by atoms with Crippen molar-refractivity contribution in [1.29, 1.82) is 0 Å². The summed E-state index contributed by atoms with van der Waals surface area (Å²) in [7, 11) is 0. The summed E-state index contributed by atoms with van der Waals surface area (Å²) < 4.78 is 0. The zero-order chi connectivity index (χ0) is 18.8. The second-order valence-electron chi connectivity index (χ2n) is 8.38. The predicted octanol–water partition coefficient (Wildman–Crippen LogP) is 2.91. The molecule has 0 spiro atoms. The molecule has 5 nitrogen and oxygen atoms in total. The van der Waals surface area contributed by atoms with Crippen molar-refractivity contribution in [1.82, 2.24) is 10.2 Å². The van der Waals surface area contributed by atoms with Crippen LogP contribution in [0.25, 0.3) is 0 Å². The number of nitrogens with zero attached hydrogens (tertiary/aromatic N) is 1. The minimum Gasteiger partial charge on any atom is -0.338 e. The minimum atomic E-state index is -0.0289. The molecule has 2 aliphatic rings. The van der Waals surface area contributed by atoms with E-state index in [0.29, 0.717) is 23.3 Å². The van der Waals surface area contributed by atoms with Crippen LogP contribution in [0.5, 0.6) is 0 Å². The Labute approximate surface area is 156 Å². The van der Waals surface area contributed by atoms with Gasteiger partial charge in [-0.05, 0) is 61.9 Å². The van der Waals surface area contributed by atoms with Crippen molar-refractivity contribution in [3.05, 3.63) is 29.3 Å². The maximum absolute atomic E-state index is 12.9. The average molecular weight is 357 g/mol. The zero-order valence-corrected chi connectivity index (χ0v) is 16.3. The van der Waals surface area contributed by atoms with Crippen LogP contribution in [-0.4, -0.2) is 42.9 Å². The molecule has 3 atom stereocenters. The van der Waals surface area contributed by atoms with Crippen molar-refractivity contribution in [3.8, 4) is 0 Å². The van der Waals surface area contributed by atoms with Crippen LogP contribution >= 0.6 is 0 Å². The quantitative estimate of drug-likeness (QED) is 0.871. The molecular weight excluding hydrogens is 326 g/mol. The summed E-state index contributed by atoms with van der Waals surface area (Å²) >= 11 is 0. The summed E-state index contributed by atoms with van der Waals surface area (Å²) in [6, 6.07) is 5.64. The molecule has 2 aliphatic heterocycles. The molecule has 2 fully saturated rings. The van der Waals surface area contributed by atoms with Gasteiger partial charge in [-0.3, -0.25) is 9.59 Å². The summed E-state index contributed by atoms with van der Waals surface area (Å²) in [4.78, 5) is 27.4. The molecule has 2 amide bonds. The van der Waals surface area contributed by atoms with E-state index in [9.17, 15) is 9.59 Å². The lowest BCUT2D eigenvalue weighted by molar-refractivity contribution is -0.121. The first kappa shape index (κ1) is 18.9. The number of anilines is 1. The highest BCUT2D eigenvalue weighted by Gasteiger charge is 2.29. The highest BCUT2D eigenvalue weighted by atomic mass is 16.2. The van der Waals surface area contributed by atoms with Crippen molar-refractivity contribution in [2.45, 2.75) is 34.1 Å². The third-order valence-electron chi connectivity index (χ3n) is 5.83. The van der Waals surface area contributed by atoms with Gasteiger partial charge in [0.2, 0.25) is 5.91 Å². The van der Waals surface area contributed by atoms with E-state index < -0.39 is 0 Å². The van der Waals surface area contributed by atoms with Gasteiger partial charge < -0.3 is 15.5 Å². The van der Waals surface area contributed by atoms with Crippen LogP contribution in [0, 0.1) is 30.6 Å². The van der Waals surface area contributed by atoms with Gasteiger partial charge in [-0.25, -0.2) is 0 Å². The first-order valence-electron chi connectivity index (χ1n) is 9.76. The Morgan fingerprint density at radius 1 is 1.19 bits per heavy atom. The number of benzene rings is 1. The average Bonchev–Trinajstić information content (AvgIpc) is 2.53. The zero-order valence-electron chi connectivity index (χ0n) is 16.3. The molecule has 142 valence electrons. The van der Waals surface area contributed by atoms with Gasteiger partial charge in [-0.1, -0.05) is 26.8 Å². The van der Waals surface area contributed by atoms with Crippen LogP contribution < -0.4 is 10.6 Å². The number of rotatable bonds is 4. The lowest BCUT2D eigenvalue weighted by Crippen LogP contribution is -2.48. The molecule has 2 saturated heterocycles. The molecule has 0 radical (unpaired) electrons. The van der Waals surface area contributed by atoms with Crippen LogP contribution in [0.15, 0.2) is 18.2 Å². The molecule has 0 aliphatic carbocycles. The molecule has 2 heterocycles. The van der Waals surface area contributed by atoms with Crippen LogP contribution in [0.3, 0.4) is 0 Å². The highest BCUT2D eigenvalue weighted by Crippen LogP contribution is 2.25. The Morgan fingerprint density at radius 3 is 2.42 bits per heavy atom. The fraction of sp³-hybridized carbons (Fsp3) is 0.619. The second-order valence-corrected chi connectivity index (χ2v) is 8.38. The van der Waals surface area contributed by atoms with Gasteiger partial charge in [-0.15, -0.1) is 0 Å². The van der Waals surface area contributed by atoms with Gasteiger partial charge in [0, 0.05) is 30.3 Å². The largest absolute Gasteiger partial charge is 0.338 e. The summed E-state index contributed by atoms with van der Waals surface area (Å²) in [5, 5.41) is 6.25. The number of carbonyl (C=O) groups excluding carboxylic acids is 2. The topological polar surface area (TPSA) is 61.4 Å². The Morgan fingerprint density at radius 2 is 1.85 bits per heavy atom. The maximum Gasteiger partial charge on any atom is 0.253 e. The van der Waals surface area contributed by atoms with E-state index in [1.807, 2.05) is 36.9 Å². The molecule has 0 aromatic heterocycles. The van der Waals surface area contributed by atoms with Gasteiger partial charge in [-0.2, -0.15) is 0 Å². The van der Waals surface area contributed by atoms with E-state index in [4.69, 9.17) is 0 Å². The number of hydrogen-bond donors (Lipinski definition) is 2. The molecule has 2 N–H and O–H groups in total. The lowest BCUT2D eigenvalue weighted by atomic mass is 9.88. The number of amides is 2. The van der Waals surface area contributed by atoms with Crippen LogP contribution in [-0.2, 0) is 4.79 Å². The fourth-order valence-electron chi connectivity index (χ4n) is 4.03. The standard InChI is InChI=1S/C21H31N3O2/c1-13-7-14(2)12-24(11-13)21(26)17-6-5-15(3)19(8-17)23-20(25)16(4)18-9-22-10-18/h5-6,8,13-14,16,18,22H,7,9-12H2,1-4H3,(H,23,25). The van der Waals surface area contributed by atoms with Crippen molar-refractivity contribution in [2.24, 2.45) is 23.7 Å². The van der Waals surface area contributed by atoms with Crippen LogP contribution in [0.4, 0.5) is 5.69 Å². The monoisotopic (exact) mass is 357 g/mol. The number of piperidine rings is 1. The second kappa shape index (κ2) is 7.78. The predicted molar refractivity (Wildman–Crippen MR) is 104 cm³/mol. The number of likely N-dealkylation sites (tertiary alicyclic amines) is 1. The van der Waals surface area contributed by atoms with Gasteiger partial charge in [0.1, 0.15) is 0 Å². The lowest BCUT2D eigenvalue weighted by Gasteiger charge is -2.35. The first-order valence-corrected chi connectivity index (χ1v) is 9.76. The highest BCUT2D eigenvalue weighted by molar-refractivity contribution is 5.98. The summed E-state index contributed by atoms with van der Waals surface area (Å²) in [6.45, 7) is 11.8.